The molecule has 0 saturated carbocycles. The van der Waals surface area contributed by atoms with E-state index in [1.54, 1.807) is 30.3 Å². The molecule has 2 rings (SSSR count). The number of carboxylic acids is 1. The molecule has 0 spiro atoms. The predicted octanol–water partition coefficient (Wildman–Crippen LogP) is 3.68. The zero-order valence-electron chi connectivity index (χ0n) is 10.5. The monoisotopic (exact) mass is 259 g/mol. The Morgan fingerprint density at radius 1 is 1.16 bits per heavy atom. The Morgan fingerprint density at radius 2 is 1.84 bits per heavy atom. The lowest BCUT2D eigenvalue weighted by Gasteiger charge is -2.23. The third kappa shape index (κ3) is 2.91. The van der Waals surface area contributed by atoms with E-state index in [1.807, 2.05) is 17.9 Å². The van der Waals surface area contributed by atoms with Gasteiger partial charge in [-0.3, -0.25) is 0 Å². The second-order valence-electron chi connectivity index (χ2n) is 4.08. The summed E-state index contributed by atoms with van der Waals surface area (Å²) in [7, 11) is 0. The molecular formula is C15H14FNO2. The maximum absolute atomic E-state index is 12.9. The first-order chi connectivity index (χ1) is 9.11. The average molecular weight is 259 g/mol. The van der Waals surface area contributed by atoms with E-state index < -0.39 is 5.97 Å². The molecule has 0 fully saturated rings. The number of benzene rings is 2. The Kier molecular flexibility index (Phi) is 3.80. The van der Waals surface area contributed by atoms with E-state index in [0.717, 1.165) is 11.4 Å². The Labute approximate surface area is 110 Å². The zero-order valence-corrected chi connectivity index (χ0v) is 10.5. The van der Waals surface area contributed by atoms with Gasteiger partial charge in [-0.05, 0) is 49.4 Å². The van der Waals surface area contributed by atoms with E-state index in [4.69, 9.17) is 5.11 Å². The summed E-state index contributed by atoms with van der Waals surface area (Å²) >= 11 is 0. The molecule has 3 nitrogen and oxygen atoms in total. The highest BCUT2D eigenvalue weighted by Crippen LogP contribution is 2.25. The van der Waals surface area contributed by atoms with E-state index in [2.05, 4.69) is 0 Å². The number of aromatic carboxylic acids is 1. The van der Waals surface area contributed by atoms with Gasteiger partial charge < -0.3 is 10.0 Å². The number of rotatable bonds is 4. The molecule has 2 aromatic carbocycles. The Balaban J connectivity index is 2.39. The van der Waals surface area contributed by atoms with Crippen LogP contribution in [0.2, 0.25) is 0 Å². The van der Waals surface area contributed by atoms with Crippen molar-refractivity contribution in [3.63, 3.8) is 0 Å². The fraction of sp³-hybridized carbons (Fsp3) is 0.133. The number of anilines is 2. The minimum atomic E-state index is -0.961. The minimum absolute atomic E-state index is 0.234. The number of hydrogen-bond acceptors (Lipinski definition) is 2. The van der Waals surface area contributed by atoms with Crippen molar-refractivity contribution in [2.45, 2.75) is 6.92 Å². The summed E-state index contributed by atoms with van der Waals surface area (Å²) in [5.41, 5.74) is 1.83. The molecule has 0 aromatic heterocycles. The van der Waals surface area contributed by atoms with Gasteiger partial charge >= 0.3 is 5.97 Å². The van der Waals surface area contributed by atoms with Crippen molar-refractivity contribution in [2.75, 3.05) is 11.4 Å². The van der Waals surface area contributed by atoms with E-state index in [-0.39, 0.29) is 11.4 Å². The van der Waals surface area contributed by atoms with Crippen LogP contribution in [0.15, 0.2) is 48.5 Å². The highest BCUT2D eigenvalue weighted by Gasteiger charge is 2.10. The second kappa shape index (κ2) is 5.52. The van der Waals surface area contributed by atoms with Gasteiger partial charge in [0, 0.05) is 17.9 Å². The fourth-order valence-electron chi connectivity index (χ4n) is 1.94. The number of carboxylic acid groups (broad SMARTS) is 1. The van der Waals surface area contributed by atoms with Crippen molar-refractivity contribution in [2.24, 2.45) is 0 Å². The van der Waals surface area contributed by atoms with E-state index in [9.17, 15) is 9.18 Å². The number of halogens is 1. The van der Waals surface area contributed by atoms with Gasteiger partial charge in [0.25, 0.3) is 0 Å². The van der Waals surface area contributed by atoms with E-state index in [0.29, 0.717) is 6.54 Å². The van der Waals surface area contributed by atoms with Gasteiger partial charge in [-0.15, -0.1) is 0 Å². The molecule has 0 radical (unpaired) electrons. The van der Waals surface area contributed by atoms with Crippen molar-refractivity contribution >= 4 is 17.3 Å². The highest BCUT2D eigenvalue weighted by molar-refractivity contribution is 5.89. The topological polar surface area (TPSA) is 40.5 Å². The summed E-state index contributed by atoms with van der Waals surface area (Å²) in [6, 6.07) is 12.8. The third-order valence-corrected chi connectivity index (χ3v) is 2.86. The summed E-state index contributed by atoms with van der Waals surface area (Å²) < 4.78 is 12.9. The van der Waals surface area contributed by atoms with E-state index >= 15 is 0 Å². The normalized spacial score (nSPS) is 10.2. The van der Waals surface area contributed by atoms with Gasteiger partial charge in [-0.1, -0.05) is 6.07 Å². The molecule has 0 aliphatic rings. The summed E-state index contributed by atoms with van der Waals surface area (Å²) in [6.45, 7) is 2.62. The maximum Gasteiger partial charge on any atom is 0.335 e. The first-order valence-corrected chi connectivity index (χ1v) is 5.98. The number of carbonyl (C=O) groups is 1. The Morgan fingerprint density at radius 3 is 2.42 bits per heavy atom. The van der Waals surface area contributed by atoms with Crippen LogP contribution in [0.3, 0.4) is 0 Å². The molecule has 0 aliphatic carbocycles. The summed E-state index contributed by atoms with van der Waals surface area (Å²) in [5.74, 6) is -1.25. The highest BCUT2D eigenvalue weighted by atomic mass is 19.1. The van der Waals surface area contributed by atoms with Crippen LogP contribution in [0, 0.1) is 5.82 Å². The lowest BCUT2D eigenvalue weighted by molar-refractivity contribution is 0.0697. The molecule has 4 heteroatoms. The number of hydrogen-bond donors (Lipinski definition) is 1. The van der Waals surface area contributed by atoms with Crippen LogP contribution in [-0.4, -0.2) is 17.6 Å². The Bertz CT molecular complexity index is 581. The quantitative estimate of drug-likeness (QED) is 0.910. The van der Waals surface area contributed by atoms with Crippen molar-refractivity contribution in [3.05, 3.63) is 59.9 Å². The van der Waals surface area contributed by atoms with Gasteiger partial charge in [-0.25, -0.2) is 9.18 Å². The first kappa shape index (κ1) is 13.1. The molecule has 0 atom stereocenters. The van der Waals surface area contributed by atoms with Crippen LogP contribution in [0.5, 0.6) is 0 Å². The molecular weight excluding hydrogens is 245 g/mol. The molecule has 19 heavy (non-hydrogen) atoms. The van der Waals surface area contributed by atoms with Crippen LogP contribution in [-0.2, 0) is 0 Å². The SMILES string of the molecule is CCN(c1ccc(F)cc1)c1cccc(C(=O)O)c1. The molecule has 0 aliphatic heterocycles. The van der Waals surface area contributed by atoms with Gasteiger partial charge in [0.05, 0.1) is 5.56 Å². The van der Waals surface area contributed by atoms with Gasteiger partial charge in [0.2, 0.25) is 0 Å². The van der Waals surface area contributed by atoms with Crippen LogP contribution < -0.4 is 4.90 Å². The van der Waals surface area contributed by atoms with Crippen LogP contribution in [0.4, 0.5) is 15.8 Å². The fourth-order valence-corrected chi connectivity index (χ4v) is 1.94. The molecule has 0 heterocycles. The van der Waals surface area contributed by atoms with Crippen LogP contribution in [0.25, 0.3) is 0 Å². The summed E-state index contributed by atoms with van der Waals surface area (Å²) in [5, 5.41) is 9.00. The lowest BCUT2D eigenvalue weighted by atomic mass is 10.1. The van der Waals surface area contributed by atoms with Crippen molar-refractivity contribution < 1.29 is 14.3 Å². The minimum Gasteiger partial charge on any atom is -0.478 e. The van der Waals surface area contributed by atoms with Gasteiger partial charge in [-0.2, -0.15) is 0 Å². The number of nitrogens with zero attached hydrogens (tertiary/aromatic N) is 1. The molecule has 0 unspecified atom stereocenters. The molecule has 0 saturated heterocycles. The molecule has 1 N–H and O–H groups in total. The predicted molar refractivity (Wildman–Crippen MR) is 72.5 cm³/mol. The van der Waals surface area contributed by atoms with Crippen molar-refractivity contribution in [3.8, 4) is 0 Å². The molecule has 0 bridgehead atoms. The molecule has 0 amide bonds. The zero-order chi connectivity index (χ0) is 13.8. The molecule has 2 aromatic rings. The standard InChI is InChI=1S/C15H14FNO2/c1-2-17(13-8-6-12(16)7-9-13)14-5-3-4-11(10-14)15(18)19/h3-10H,2H2,1H3,(H,18,19). The average Bonchev–Trinajstić information content (AvgIpc) is 2.42. The van der Waals surface area contributed by atoms with Crippen LogP contribution in [0.1, 0.15) is 17.3 Å². The first-order valence-electron chi connectivity index (χ1n) is 5.98. The summed E-state index contributed by atoms with van der Waals surface area (Å²) in [4.78, 5) is 12.9. The van der Waals surface area contributed by atoms with Crippen LogP contribution >= 0.6 is 0 Å². The maximum atomic E-state index is 12.9. The van der Waals surface area contributed by atoms with Crippen molar-refractivity contribution in [1.82, 2.24) is 0 Å². The van der Waals surface area contributed by atoms with Gasteiger partial charge in [0.15, 0.2) is 0 Å². The molecule has 98 valence electrons. The van der Waals surface area contributed by atoms with E-state index in [1.165, 1.54) is 12.1 Å². The largest absolute Gasteiger partial charge is 0.478 e. The summed E-state index contributed by atoms with van der Waals surface area (Å²) in [6.07, 6.45) is 0. The smallest absolute Gasteiger partial charge is 0.335 e. The lowest BCUT2D eigenvalue weighted by Crippen LogP contribution is -2.16. The van der Waals surface area contributed by atoms with Crippen molar-refractivity contribution in [1.29, 1.82) is 0 Å². The Hall–Kier alpha value is -2.36. The van der Waals surface area contributed by atoms with Gasteiger partial charge in [0.1, 0.15) is 5.82 Å². The second-order valence-corrected chi connectivity index (χ2v) is 4.08. The third-order valence-electron chi connectivity index (χ3n) is 2.86.